The van der Waals surface area contributed by atoms with Crippen LogP contribution in [0.15, 0.2) is 72.8 Å². The van der Waals surface area contributed by atoms with Gasteiger partial charge in [0.2, 0.25) is 5.91 Å². The van der Waals surface area contributed by atoms with Crippen molar-refractivity contribution in [3.63, 3.8) is 0 Å². The number of carbonyl (C=O) groups excluding carboxylic acids is 1. The van der Waals surface area contributed by atoms with Crippen LogP contribution in [0.1, 0.15) is 36.1 Å². The lowest BCUT2D eigenvalue weighted by Gasteiger charge is -2.37. The van der Waals surface area contributed by atoms with Gasteiger partial charge in [-0.2, -0.15) is 0 Å². The largest absolute Gasteiger partial charge is 0.457 e. The van der Waals surface area contributed by atoms with E-state index in [9.17, 15) is 9.90 Å². The molecule has 1 unspecified atom stereocenters. The van der Waals surface area contributed by atoms with E-state index < -0.39 is 5.41 Å². The average molecular weight is 444 g/mol. The van der Waals surface area contributed by atoms with Crippen LogP contribution in [0.5, 0.6) is 11.5 Å². The molecule has 2 atom stereocenters. The van der Waals surface area contributed by atoms with Gasteiger partial charge in [-0.1, -0.05) is 48.5 Å². The quantitative estimate of drug-likeness (QED) is 0.525. The number of aliphatic hydroxyl groups is 1. The summed E-state index contributed by atoms with van der Waals surface area (Å²) in [6.07, 6.45) is 0.428. The fourth-order valence-electron chi connectivity index (χ4n) is 4.95. The molecule has 3 aromatic rings. The van der Waals surface area contributed by atoms with Crippen LogP contribution in [0.3, 0.4) is 0 Å². The van der Waals surface area contributed by atoms with Crippen LogP contribution in [0.2, 0.25) is 0 Å². The van der Waals surface area contributed by atoms with Crippen molar-refractivity contribution >= 4 is 11.6 Å². The highest BCUT2D eigenvalue weighted by Gasteiger charge is 2.45. The molecule has 0 aliphatic carbocycles. The molecule has 6 heteroatoms. The van der Waals surface area contributed by atoms with Gasteiger partial charge in [-0.25, -0.2) is 0 Å². The summed E-state index contributed by atoms with van der Waals surface area (Å²) >= 11 is 0. The molecule has 0 bridgehead atoms. The predicted octanol–water partition coefficient (Wildman–Crippen LogP) is 3.60. The summed E-state index contributed by atoms with van der Waals surface area (Å²) in [5.41, 5.74) is 8.34. The molecule has 0 saturated carbocycles. The number of fused-ring (bicyclic) bond motifs is 2. The van der Waals surface area contributed by atoms with E-state index in [1.54, 1.807) is 0 Å². The second-order valence-electron chi connectivity index (χ2n) is 9.11. The van der Waals surface area contributed by atoms with Gasteiger partial charge >= 0.3 is 0 Å². The third-order valence-corrected chi connectivity index (χ3v) is 6.86. The van der Waals surface area contributed by atoms with Crippen LogP contribution in [0.25, 0.3) is 0 Å². The lowest BCUT2D eigenvalue weighted by Crippen LogP contribution is -2.48. The maximum absolute atomic E-state index is 14.1. The number of likely N-dealkylation sites (tertiary alicyclic amines) is 1. The van der Waals surface area contributed by atoms with Crippen molar-refractivity contribution in [2.45, 2.75) is 30.9 Å². The fraction of sp³-hybridized carbons (Fsp3) is 0.296. The van der Waals surface area contributed by atoms with Gasteiger partial charge < -0.3 is 20.9 Å². The minimum atomic E-state index is -0.915. The highest BCUT2D eigenvalue weighted by Crippen LogP contribution is 2.48. The Bertz CT molecular complexity index is 1120. The number of benzene rings is 3. The zero-order chi connectivity index (χ0) is 23.0. The average Bonchev–Trinajstić information content (AvgIpc) is 3.24. The summed E-state index contributed by atoms with van der Waals surface area (Å²) in [5, 5.41) is 13.3. The molecular weight excluding hydrogens is 414 g/mol. The molecular formula is C27H29N3O3. The lowest BCUT2D eigenvalue weighted by atomic mass is 9.73. The molecule has 33 heavy (non-hydrogen) atoms. The number of para-hydroxylation sites is 2. The normalized spacial score (nSPS) is 19.8. The number of nitrogens with two attached hydrogens (primary N) is 1. The summed E-state index contributed by atoms with van der Waals surface area (Å²) in [6.45, 7) is 3.99. The van der Waals surface area contributed by atoms with Gasteiger partial charge in [-0.3, -0.25) is 9.69 Å². The van der Waals surface area contributed by atoms with Crippen molar-refractivity contribution in [1.82, 2.24) is 10.2 Å². The summed E-state index contributed by atoms with van der Waals surface area (Å²) in [7, 11) is 0. The van der Waals surface area contributed by atoms with E-state index in [0.717, 1.165) is 29.7 Å². The Morgan fingerprint density at radius 3 is 2.27 bits per heavy atom. The van der Waals surface area contributed by atoms with Crippen LogP contribution in [0, 0.1) is 0 Å². The van der Waals surface area contributed by atoms with Gasteiger partial charge in [-0.15, -0.1) is 0 Å². The monoisotopic (exact) mass is 443 g/mol. The van der Waals surface area contributed by atoms with Gasteiger partial charge in [0.05, 0.1) is 12.1 Å². The van der Waals surface area contributed by atoms with Crippen LogP contribution in [-0.4, -0.2) is 41.7 Å². The van der Waals surface area contributed by atoms with Crippen molar-refractivity contribution in [2.75, 3.05) is 25.4 Å². The van der Waals surface area contributed by atoms with Gasteiger partial charge in [0, 0.05) is 36.4 Å². The number of hydrogen-bond donors (Lipinski definition) is 3. The van der Waals surface area contributed by atoms with Crippen LogP contribution in [-0.2, 0) is 10.2 Å². The first-order chi connectivity index (χ1) is 15.9. The third-order valence-electron chi connectivity index (χ3n) is 6.86. The van der Waals surface area contributed by atoms with Crippen molar-refractivity contribution in [3.05, 3.63) is 89.5 Å². The van der Waals surface area contributed by atoms with Gasteiger partial charge in [0.25, 0.3) is 0 Å². The standard InChI is InChI=1S/C27H29N3O3/c1-27(21-6-2-4-8-24(21)33-25-9-5-3-7-22(25)27)26(32)29-23(17-30-15-14-20(31)16-30)18-10-12-19(28)13-11-18/h2-13,20,23,31H,14-17,28H2,1H3,(H,29,32)/t20?,23-/m1/s1. The molecule has 0 aromatic heterocycles. The maximum atomic E-state index is 14.1. The number of β-amino-alcohol motifs (C(OH)–C–C–N with tert-alkyl or cyclic N) is 1. The number of amides is 1. The summed E-state index contributed by atoms with van der Waals surface area (Å²) in [6, 6.07) is 22.8. The summed E-state index contributed by atoms with van der Waals surface area (Å²) in [5.74, 6) is 1.30. The molecule has 2 aliphatic heterocycles. The Morgan fingerprint density at radius 1 is 1.09 bits per heavy atom. The van der Waals surface area contributed by atoms with Crippen LogP contribution in [0.4, 0.5) is 5.69 Å². The Balaban J connectivity index is 1.51. The smallest absolute Gasteiger partial charge is 0.235 e. The minimum absolute atomic E-state index is 0.0905. The molecule has 1 fully saturated rings. The molecule has 0 spiro atoms. The zero-order valence-corrected chi connectivity index (χ0v) is 18.7. The molecule has 2 heterocycles. The number of nitrogen functional groups attached to an aromatic ring is 1. The highest BCUT2D eigenvalue weighted by atomic mass is 16.5. The number of nitrogens with zero attached hydrogens (tertiary/aromatic N) is 1. The van der Waals surface area contributed by atoms with E-state index in [0.29, 0.717) is 30.3 Å². The number of hydrogen-bond acceptors (Lipinski definition) is 5. The second-order valence-corrected chi connectivity index (χ2v) is 9.11. The number of nitrogens with one attached hydrogen (secondary N) is 1. The zero-order valence-electron chi connectivity index (χ0n) is 18.7. The van der Waals surface area contributed by atoms with Crippen molar-refractivity contribution in [1.29, 1.82) is 0 Å². The molecule has 5 rings (SSSR count). The first-order valence-electron chi connectivity index (χ1n) is 11.4. The maximum Gasteiger partial charge on any atom is 0.235 e. The molecule has 1 saturated heterocycles. The summed E-state index contributed by atoms with van der Waals surface area (Å²) < 4.78 is 6.12. The van der Waals surface area contributed by atoms with E-state index in [-0.39, 0.29) is 18.1 Å². The number of anilines is 1. The van der Waals surface area contributed by atoms with Crippen molar-refractivity contribution < 1.29 is 14.6 Å². The van der Waals surface area contributed by atoms with E-state index in [4.69, 9.17) is 10.5 Å². The Labute approximate surface area is 194 Å². The number of rotatable bonds is 5. The minimum Gasteiger partial charge on any atom is -0.457 e. The number of ether oxygens (including phenoxy) is 1. The highest BCUT2D eigenvalue weighted by molar-refractivity contribution is 5.94. The second kappa shape index (κ2) is 8.54. The van der Waals surface area contributed by atoms with E-state index in [1.807, 2.05) is 79.7 Å². The SMILES string of the molecule is CC1(C(=O)N[C@H](CN2CCC(O)C2)c2ccc(N)cc2)c2ccccc2Oc2ccccc21. The fourth-order valence-corrected chi connectivity index (χ4v) is 4.95. The Hall–Kier alpha value is -3.35. The van der Waals surface area contributed by atoms with E-state index in [1.165, 1.54) is 0 Å². The van der Waals surface area contributed by atoms with Crippen LogP contribution >= 0.6 is 0 Å². The molecule has 1 amide bonds. The molecule has 4 N–H and O–H groups in total. The Morgan fingerprint density at radius 2 is 1.70 bits per heavy atom. The molecule has 170 valence electrons. The molecule has 0 radical (unpaired) electrons. The summed E-state index contributed by atoms with van der Waals surface area (Å²) in [4.78, 5) is 16.3. The van der Waals surface area contributed by atoms with Crippen molar-refractivity contribution in [3.8, 4) is 11.5 Å². The predicted molar refractivity (Wildman–Crippen MR) is 128 cm³/mol. The lowest BCUT2D eigenvalue weighted by molar-refractivity contribution is -0.126. The van der Waals surface area contributed by atoms with E-state index >= 15 is 0 Å². The third kappa shape index (κ3) is 3.96. The van der Waals surface area contributed by atoms with Gasteiger partial charge in [-0.05, 0) is 43.2 Å². The first-order valence-corrected chi connectivity index (χ1v) is 11.4. The topological polar surface area (TPSA) is 87.8 Å². The first kappa shape index (κ1) is 21.5. The Kier molecular flexibility index (Phi) is 5.56. The molecule has 3 aromatic carbocycles. The number of carbonyl (C=O) groups is 1. The van der Waals surface area contributed by atoms with Crippen LogP contribution < -0.4 is 15.8 Å². The molecule has 6 nitrogen and oxygen atoms in total. The van der Waals surface area contributed by atoms with Gasteiger partial charge in [0.15, 0.2) is 0 Å². The van der Waals surface area contributed by atoms with Gasteiger partial charge in [0.1, 0.15) is 16.9 Å². The van der Waals surface area contributed by atoms with Crippen molar-refractivity contribution in [2.24, 2.45) is 0 Å². The van der Waals surface area contributed by atoms with E-state index in [2.05, 4.69) is 10.2 Å². The number of aliphatic hydroxyl groups excluding tert-OH is 1. The molecule has 2 aliphatic rings.